The first kappa shape index (κ1) is 11.5. The fourth-order valence-electron chi connectivity index (χ4n) is 2.87. The Morgan fingerprint density at radius 2 is 1.94 bits per heavy atom. The highest BCUT2D eigenvalue weighted by Gasteiger charge is 2.16. The van der Waals surface area contributed by atoms with Crippen LogP contribution in [0.4, 0.5) is 10.1 Å². The Morgan fingerprint density at radius 1 is 1.17 bits per heavy atom. The molecule has 1 aliphatic carbocycles. The largest absolute Gasteiger partial charge is 0.398 e. The maximum atomic E-state index is 13.5. The number of aryl methyl sites for hydroxylation is 2. The Labute approximate surface area is 106 Å². The lowest BCUT2D eigenvalue weighted by Gasteiger charge is -2.13. The van der Waals surface area contributed by atoms with E-state index in [4.69, 9.17) is 10.7 Å². The molecule has 2 N–H and O–H groups in total. The van der Waals surface area contributed by atoms with Crippen LogP contribution in [0.15, 0.2) is 12.1 Å². The van der Waals surface area contributed by atoms with Gasteiger partial charge in [-0.05, 0) is 55.9 Å². The third-order valence-corrected chi connectivity index (χ3v) is 3.82. The summed E-state index contributed by atoms with van der Waals surface area (Å²) in [6, 6.07) is 3.04. The van der Waals surface area contributed by atoms with Gasteiger partial charge in [0.15, 0.2) is 0 Å². The van der Waals surface area contributed by atoms with E-state index in [1.807, 2.05) is 6.92 Å². The van der Waals surface area contributed by atoms with Gasteiger partial charge >= 0.3 is 0 Å². The van der Waals surface area contributed by atoms with Gasteiger partial charge in [0.05, 0.1) is 5.52 Å². The van der Waals surface area contributed by atoms with Gasteiger partial charge in [-0.2, -0.15) is 0 Å². The van der Waals surface area contributed by atoms with Gasteiger partial charge in [0.1, 0.15) is 5.82 Å². The van der Waals surface area contributed by atoms with E-state index in [9.17, 15) is 4.39 Å². The quantitative estimate of drug-likeness (QED) is 0.720. The van der Waals surface area contributed by atoms with Crippen molar-refractivity contribution in [1.82, 2.24) is 4.98 Å². The van der Waals surface area contributed by atoms with Crippen molar-refractivity contribution in [3.8, 4) is 0 Å². The Hall–Kier alpha value is -1.64. The van der Waals surface area contributed by atoms with Crippen molar-refractivity contribution in [2.24, 2.45) is 0 Å². The first-order valence-electron chi connectivity index (χ1n) is 6.54. The smallest absolute Gasteiger partial charge is 0.124 e. The van der Waals surface area contributed by atoms with Crippen molar-refractivity contribution < 1.29 is 4.39 Å². The highest BCUT2D eigenvalue weighted by atomic mass is 19.1. The van der Waals surface area contributed by atoms with E-state index >= 15 is 0 Å². The number of rotatable bonds is 0. The summed E-state index contributed by atoms with van der Waals surface area (Å²) >= 11 is 0. The van der Waals surface area contributed by atoms with E-state index in [2.05, 4.69) is 0 Å². The summed E-state index contributed by atoms with van der Waals surface area (Å²) in [5, 5.41) is 0.771. The predicted molar refractivity (Wildman–Crippen MR) is 72.1 cm³/mol. The molecule has 0 aliphatic heterocycles. The minimum absolute atomic E-state index is 0.234. The summed E-state index contributed by atoms with van der Waals surface area (Å²) in [5.74, 6) is -0.234. The first-order valence-corrected chi connectivity index (χ1v) is 6.54. The van der Waals surface area contributed by atoms with E-state index < -0.39 is 0 Å². The molecule has 0 unspecified atom stereocenters. The summed E-state index contributed by atoms with van der Waals surface area (Å²) in [6.07, 6.45) is 5.51. The lowest BCUT2D eigenvalue weighted by atomic mass is 10.0. The topological polar surface area (TPSA) is 38.9 Å². The molecule has 0 saturated carbocycles. The molecule has 1 aromatic carbocycles. The van der Waals surface area contributed by atoms with Gasteiger partial charge < -0.3 is 5.73 Å². The third-order valence-electron chi connectivity index (χ3n) is 3.82. The molecular weight excluding hydrogens is 227 g/mol. The summed E-state index contributed by atoms with van der Waals surface area (Å²) in [6.45, 7) is 1.89. The van der Waals surface area contributed by atoms with Crippen molar-refractivity contribution in [1.29, 1.82) is 0 Å². The molecule has 2 aromatic rings. The van der Waals surface area contributed by atoms with Crippen LogP contribution in [0.2, 0.25) is 0 Å². The number of nitrogen functional groups attached to an aromatic ring is 1. The molecule has 1 aliphatic rings. The molecule has 1 heterocycles. The first-order chi connectivity index (χ1) is 8.66. The molecule has 0 atom stereocenters. The van der Waals surface area contributed by atoms with Crippen LogP contribution in [0.25, 0.3) is 10.9 Å². The second-order valence-corrected chi connectivity index (χ2v) is 5.13. The Balaban J connectivity index is 2.34. The number of nitrogens with zero attached hydrogens (tertiary/aromatic N) is 1. The number of fused-ring (bicyclic) bond motifs is 2. The molecule has 94 valence electrons. The number of aromatic nitrogens is 1. The van der Waals surface area contributed by atoms with Crippen LogP contribution < -0.4 is 5.73 Å². The number of anilines is 1. The Bertz CT molecular complexity index is 620. The SMILES string of the molecule is Cc1cc(F)cc2c(N)c3c(nc12)CCCCC3. The zero-order valence-corrected chi connectivity index (χ0v) is 10.6. The highest BCUT2D eigenvalue weighted by Crippen LogP contribution is 2.32. The fraction of sp³-hybridized carbons (Fsp3) is 0.400. The monoisotopic (exact) mass is 244 g/mol. The third kappa shape index (κ3) is 1.74. The molecule has 0 amide bonds. The molecule has 0 saturated heterocycles. The van der Waals surface area contributed by atoms with Crippen molar-refractivity contribution in [3.05, 3.63) is 34.8 Å². The van der Waals surface area contributed by atoms with Crippen LogP contribution in [0.3, 0.4) is 0 Å². The normalized spacial score (nSPS) is 15.4. The Kier molecular flexibility index (Phi) is 2.69. The average Bonchev–Trinajstić information content (AvgIpc) is 2.56. The summed E-state index contributed by atoms with van der Waals surface area (Å²) in [7, 11) is 0. The fourth-order valence-corrected chi connectivity index (χ4v) is 2.87. The minimum atomic E-state index is -0.234. The molecular formula is C15H17FN2. The number of nitrogens with two attached hydrogens (primary N) is 1. The molecule has 0 radical (unpaired) electrons. The van der Waals surface area contributed by atoms with Gasteiger partial charge in [-0.1, -0.05) is 6.42 Å². The average molecular weight is 244 g/mol. The van der Waals surface area contributed by atoms with Crippen molar-refractivity contribution >= 4 is 16.6 Å². The van der Waals surface area contributed by atoms with E-state index in [-0.39, 0.29) is 5.82 Å². The zero-order chi connectivity index (χ0) is 12.7. The lowest BCUT2D eigenvalue weighted by molar-refractivity contribution is 0.628. The number of hydrogen-bond acceptors (Lipinski definition) is 2. The van der Waals surface area contributed by atoms with E-state index in [1.165, 1.54) is 25.0 Å². The number of pyridine rings is 1. The summed E-state index contributed by atoms with van der Waals surface area (Å²) in [4.78, 5) is 4.73. The van der Waals surface area contributed by atoms with Crippen molar-refractivity contribution in [3.63, 3.8) is 0 Å². The van der Waals surface area contributed by atoms with Crippen molar-refractivity contribution in [2.45, 2.75) is 39.0 Å². The number of benzene rings is 1. The molecule has 0 spiro atoms. The van der Waals surface area contributed by atoms with Crippen LogP contribution in [-0.2, 0) is 12.8 Å². The van der Waals surface area contributed by atoms with Gasteiger partial charge in [0, 0.05) is 16.8 Å². The van der Waals surface area contributed by atoms with Gasteiger partial charge in [-0.25, -0.2) is 4.39 Å². The molecule has 0 fully saturated rings. The Morgan fingerprint density at radius 3 is 2.78 bits per heavy atom. The minimum Gasteiger partial charge on any atom is -0.398 e. The highest BCUT2D eigenvalue weighted by molar-refractivity contribution is 5.94. The molecule has 1 aromatic heterocycles. The summed E-state index contributed by atoms with van der Waals surface area (Å²) in [5.41, 5.74) is 11.0. The molecule has 3 heteroatoms. The number of hydrogen-bond donors (Lipinski definition) is 1. The van der Waals surface area contributed by atoms with E-state index in [0.717, 1.165) is 52.7 Å². The number of halogens is 1. The maximum absolute atomic E-state index is 13.5. The van der Waals surface area contributed by atoms with Gasteiger partial charge in [0.2, 0.25) is 0 Å². The van der Waals surface area contributed by atoms with Crippen LogP contribution in [0.5, 0.6) is 0 Å². The van der Waals surface area contributed by atoms with E-state index in [0.29, 0.717) is 0 Å². The van der Waals surface area contributed by atoms with Gasteiger partial charge in [-0.3, -0.25) is 4.98 Å². The van der Waals surface area contributed by atoms with Gasteiger partial charge in [0.25, 0.3) is 0 Å². The van der Waals surface area contributed by atoms with Crippen LogP contribution in [0.1, 0.15) is 36.1 Å². The second kappa shape index (κ2) is 4.23. The standard InChI is InChI=1S/C15H17FN2/c1-9-7-10(16)8-12-14(17)11-5-3-2-4-6-13(11)18-15(9)12/h7-8H,2-6H2,1H3,(H2,17,18). The zero-order valence-electron chi connectivity index (χ0n) is 10.6. The van der Waals surface area contributed by atoms with E-state index in [1.54, 1.807) is 0 Å². The summed E-state index contributed by atoms with van der Waals surface area (Å²) < 4.78 is 13.5. The predicted octanol–water partition coefficient (Wildman–Crippen LogP) is 3.53. The molecule has 3 rings (SSSR count). The second-order valence-electron chi connectivity index (χ2n) is 5.13. The van der Waals surface area contributed by atoms with Crippen LogP contribution >= 0.6 is 0 Å². The maximum Gasteiger partial charge on any atom is 0.124 e. The van der Waals surface area contributed by atoms with Gasteiger partial charge in [-0.15, -0.1) is 0 Å². The lowest BCUT2D eigenvalue weighted by Crippen LogP contribution is -2.04. The molecule has 0 bridgehead atoms. The van der Waals surface area contributed by atoms with Crippen molar-refractivity contribution in [2.75, 3.05) is 5.73 Å². The molecule has 2 nitrogen and oxygen atoms in total. The van der Waals surface area contributed by atoms with Crippen LogP contribution in [0, 0.1) is 12.7 Å². The molecule has 18 heavy (non-hydrogen) atoms. The van der Waals surface area contributed by atoms with Crippen LogP contribution in [-0.4, -0.2) is 4.98 Å².